The van der Waals surface area contributed by atoms with Gasteiger partial charge < -0.3 is 9.30 Å². The third-order valence-electron chi connectivity index (χ3n) is 3.97. The first-order valence-electron chi connectivity index (χ1n) is 8.61. The maximum atomic E-state index is 12.4. The van der Waals surface area contributed by atoms with Crippen molar-refractivity contribution in [1.82, 2.24) is 4.57 Å². The largest absolute Gasteiger partial charge is 0.494 e. The number of fused-ring (bicyclic) bond motifs is 1. The lowest BCUT2D eigenvalue weighted by atomic mass is 10.1. The predicted molar refractivity (Wildman–Crippen MR) is 107 cm³/mol. The molecule has 0 unspecified atom stereocenters. The summed E-state index contributed by atoms with van der Waals surface area (Å²) in [7, 11) is 0. The van der Waals surface area contributed by atoms with Gasteiger partial charge in [-0.15, -0.1) is 6.58 Å². The van der Waals surface area contributed by atoms with Crippen LogP contribution in [-0.4, -0.2) is 17.1 Å². The van der Waals surface area contributed by atoms with Crippen LogP contribution in [0.1, 0.15) is 18.1 Å². The Kier molecular flexibility index (Phi) is 5.68. The number of hydrogen-bond acceptors (Lipinski definition) is 3. The lowest BCUT2D eigenvalue weighted by molar-refractivity contribution is -0.117. The highest BCUT2D eigenvalue weighted by Crippen LogP contribution is 2.23. The molecule has 134 valence electrons. The third kappa shape index (κ3) is 4.11. The molecular weight excluding hydrogens is 344 g/mol. The molecule has 2 aromatic carbocycles. The Balaban J connectivity index is 1.97. The van der Waals surface area contributed by atoms with Crippen LogP contribution in [0.2, 0.25) is 0 Å². The molecule has 26 heavy (non-hydrogen) atoms. The fraction of sp³-hybridized carbons (Fsp3) is 0.238. The normalized spacial score (nSPS) is 11.7. The van der Waals surface area contributed by atoms with E-state index in [1.807, 2.05) is 67.0 Å². The summed E-state index contributed by atoms with van der Waals surface area (Å²) >= 11 is 1.49. The highest BCUT2D eigenvalue weighted by molar-refractivity contribution is 7.16. The Labute approximate surface area is 157 Å². The van der Waals surface area contributed by atoms with E-state index < -0.39 is 0 Å². The molecule has 0 saturated heterocycles. The van der Waals surface area contributed by atoms with Gasteiger partial charge in [-0.1, -0.05) is 47.2 Å². The number of carbonyl (C=O) groups is 1. The molecule has 0 saturated carbocycles. The van der Waals surface area contributed by atoms with Gasteiger partial charge in [0, 0.05) is 6.54 Å². The minimum absolute atomic E-state index is 0.150. The molecular formula is C21H22N2O2S. The minimum Gasteiger partial charge on any atom is -0.494 e. The number of nitrogens with zero attached hydrogens (tertiary/aromatic N) is 2. The molecule has 0 fully saturated rings. The Morgan fingerprint density at radius 1 is 1.27 bits per heavy atom. The van der Waals surface area contributed by atoms with Gasteiger partial charge in [-0.05, 0) is 37.6 Å². The van der Waals surface area contributed by atoms with Crippen LogP contribution in [0.25, 0.3) is 10.2 Å². The molecule has 3 rings (SSSR count). The number of carbonyl (C=O) groups excluding carboxylic acids is 1. The van der Waals surface area contributed by atoms with Crippen LogP contribution in [0, 0.1) is 6.92 Å². The van der Waals surface area contributed by atoms with Crippen LogP contribution in [0.5, 0.6) is 5.75 Å². The van der Waals surface area contributed by atoms with Crippen molar-refractivity contribution in [2.45, 2.75) is 26.8 Å². The number of hydrogen-bond donors (Lipinski definition) is 0. The number of thiazole rings is 1. The molecule has 1 heterocycles. The molecule has 0 radical (unpaired) electrons. The second-order valence-electron chi connectivity index (χ2n) is 6.01. The van der Waals surface area contributed by atoms with Gasteiger partial charge in [0.15, 0.2) is 4.80 Å². The van der Waals surface area contributed by atoms with Crippen LogP contribution in [0.3, 0.4) is 0 Å². The number of aryl methyl sites for hydroxylation is 1. The van der Waals surface area contributed by atoms with E-state index in [4.69, 9.17) is 4.74 Å². The van der Waals surface area contributed by atoms with Gasteiger partial charge in [-0.3, -0.25) is 4.79 Å². The van der Waals surface area contributed by atoms with Crippen molar-refractivity contribution in [2.24, 2.45) is 4.99 Å². The molecule has 0 aliphatic carbocycles. The van der Waals surface area contributed by atoms with Crippen molar-refractivity contribution in [1.29, 1.82) is 0 Å². The van der Waals surface area contributed by atoms with E-state index in [-0.39, 0.29) is 5.91 Å². The first-order valence-corrected chi connectivity index (χ1v) is 9.42. The van der Waals surface area contributed by atoms with E-state index in [9.17, 15) is 4.79 Å². The molecule has 1 amide bonds. The van der Waals surface area contributed by atoms with Crippen molar-refractivity contribution in [3.8, 4) is 5.75 Å². The van der Waals surface area contributed by atoms with Gasteiger partial charge in [0.05, 0.1) is 23.2 Å². The third-order valence-corrected chi connectivity index (χ3v) is 5.01. The smallest absolute Gasteiger partial charge is 0.252 e. The SMILES string of the molecule is C=CCn1c(=NC(=O)Cc2ccc(C)cc2)sc2cc(OCC)ccc21. The molecule has 0 bridgehead atoms. The van der Waals surface area contributed by atoms with Crippen LogP contribution < -0.4 is 9.54 Å². The average molecular weight is 366 g/mol. The number of rotatable bonds is 6. The standard InChI is InChI=1S/C21H22N2O2S/c1-4-12-23-18-11-10-17(25-5-2)14-19(18)26-21(23)22-20(24)13-16-8-6-15(3)7-9-16/h4,6-11,14H,1,5,12-13H2,2-3H3. The topological polar surface area (TPSA) is 43.6 Å². The predicted octanol–water partition coefficient (Wildman–Crippen LogP) is 4.27. The molecule has 4 nitrogen and oxygen atoms in total. The lowest BCUT2D eigenvalue weighted by Gasteiger charge is -2.04. The molecule has 5 heteroatoms. The van der Waals surface area contributed by atoms with Crippen LogP contribution in [-0.2, 0) is 17.8 Å². The van der Waals surface area contributed by atoms with E-state index in [2.05, 4.69) is 11.6 Å². The van der Waals surface area contributed by atoms with Gasteiger partial charge in [0.25, 0.3) is 5.91 Å². The second-order valence-corrected chi connectivity index (χ2v) is 7.02. The Hall–Kier alpha value is -2.66. The summed E-state index contributed by atoms with van der Waals surface area (Å²) in [6.45, 7) is 9.03. The summed E-state index contributed by atoms with van der Waals surface area (Å²) in [6.07, 6.45) is 2.11. The Morgan fingerprint density at radius 2 is 2.04 bits per heavy atom. The molecule has 0 aliphatic heterocycles. The van der Waals surface area contributed by atoms with Crippen molar-refractivity contribution in [3.05, 3.63) is 71.0 Å². The summed E-state index contributed by atoms with van der Waals surface area (Å²) in [5.74, 6) is 0.674. The monoisotopic (exact) mass is 366 g/mol. The van der Waals surface area contributed by atoms with E-state index >= 15 is 0 Å². The van der Waals surface area contributed by atoms with Gasteiger partial charge in [0.2, 0.25) is 0 Å². The lowest BCUT2D eigenvalue weighted by Crippen LogP contribution is -2.16. The van der Waals surface area contributed by atoms with E-state index in [0.717, 1.165) is 21.5 Å². The average Bonchev–Trinajstić information content (AvgIpc) is 2.94. The zero-order valence-corrected chi connectivity index (χ0v) is 15.9. The molecule has 3 aromatic rings. The second kappa shape index (κ2) is 8.15. The maximum Gasteiger partial charge on any atom is 0.252 e. The van der Waals surface area contributed by atoms with Gasteiger partial charge >= 0.3 is 0 Å². The fourth-order valence-corrected chi connectivity index (χ4v) is 3.81. The van der Waals surface area contributed by atoms with Gasteiger partial charge in [-0.25, -0.2) is 0 Å². The first-order chi connectivity index (χ1) is 12.6. The van der Waals surface area contributed by atoms with Gasteiger partial charge in [0.1, 0.15) is 5.75 Å². The van der Waals surface area contributed by atoms with E-state index in [1.54, 1.807) is 0 Å². The molecule has 0 atom stereocenters. The van der Waals surface area contributed by atoms with E-state index in [0.29, 0.717) is 24.4 Å². The number of benzene rings is 2. The summed E-state index contributed by atoms with van der Waals surface area (Å²) in [6, 6.07) is 13.9. The molecule has 0 spiro atoms. The number of aromatic nitrogens is 1. The highest BCUT2D eigenvalue weighted by atomic mass is 32.1. The molecule has 0 N–H and O–H groups in total. The molecule has 0 aliphatic rings. The molecule has 1 aromatic heterocycles. The maximum absolute atomic E-state index is 12.4. The summed E-state index contributed by atoms with van der Waals surface area (Å²) in [4.78, 5) is 17.5. The van der Waals surface area contributed by atoms with Crippen molar-refractivity contribution >= 4 is 27.5 Å². The minimum atomic E-state index is -0.150. The van der Waals surface area contributed by atoms with Crippen LogP contribution in [0.15, 0.2) is 60.1 Å². The zero-order chi connectivity index (χ0) is 18.5. The first kappa shape index (κ1) is 18.1. The quantitative estimate of drug-likeness (QED) is 0.612. The van der Waals surface area contributed by atoms with Crippen molar-refractivity contribution in [3.63, 3.8) is 0 Å². The fourth-order valence-electron chi connectivity index (χ4n) is 2.73. The number of amides is 1. The van der Waals surface area contributed by atoms with Crippen LogP contribution in [0.4, 0.5) is 0 Å². The Morgan fingerprint density at radius 3 is 2.73 bits per heavy atom. The van der Waals surface area contributed by atoms with Crippen molar-refractivity contribution in [2.75, 3.05) is 6.61 Å². The van der Waals surface area contributed by atoms with E-state index in [1.165, 1.54) is 16.9 Å². The number of allylic oxidation sites excluding steroid dienone is 1. The summed E-state index contributed by atoms with van der Waals surface area (Å²) in [5, 5.41) is 0. The zero-order valence-electron chi connectivity index (χ0n) is 15.1. The summed E-state index contributed by atoms with van der Waals surface area (Å²) in [5.41, 5.74) is 3.18. The highest BCUT2D eigenvalue weighted by Gasteiger charge is 2.09. The van der Waals surface area contributed by atoms with Crippen molar-refractivity contribution < 1.29 is 9.53 Å². The summed E-state index contributed by atoms with van der Waals surface area (Å²) < 4.78 is 8.62. The number of ether oxygens (including phenoxy) is 1. The van der Waals surface area contributed by atoms with Crippen LogP contribution >= 0.6 is 11.3 Å². The van der Waals surface area contributed by atoms with Gasteiger partial charge in [-0.2, -0.15) is 4.99 Å². The Bertz CT molecular complexity index is 997.